The van der Waals surface area contributed by atoms with Crippen molar-refractivity contribution < 1.29 is 4.79 Å². The summed E-state index contributed by atoms with van der Waals surface area (Å²) in [4.78, 5) is 17.8. The second kappa shape index (κ2) is 11.2. The number of nitrogens with zero attached hydrogens (tertiary/aromatic N) is 2. The first-order valence-electron chi connectivity index (χ1n) is 7.98. The third-order valence-electron chi connectivity index (χ3n) is 4.22. The molecule has 0 unspecified atom stereocenters. The molecular weight excluding hydrogens is 399 g/mol. The Morgan fingerprint density at radius 1 is 0.960 bits per heavy atom. The van der Waals surface area contributed by atoms with E-state index in [2.05, 4.69) is 40.1 Å². The summed E-state index contributed by atoms with van der Waals surface area (Å²) < 4.78 is 0.683. The van der Waals surface area contributed by atoms with E-state index < -0.39 is 0 Å². The summed E-state index contributed by atoms with van der Waals surface area (Å²) in [5, 5.41) is 0. The first-order chi connectivity index (χ1) is 11.2. The largest absolute Gasteiger partial charge is 0.300 e. The molecule has 1 aliphatic rings. The van der Waals surface area contributed by atoms with E-state index in [4.69, 9.17) is 11.6 Å². The van der Waals surface area contributed by atoms with Crippen molar-refractivity contribution in [2.75, 3.05) is 32.7 Å². The molecule has 1 aromatic heterocycles. The van der Waals surface area contributed by atoms with Crippen molar-refractivity contribution in [2.24, 2.45) is 0 Å². The molecule has 0 N–H and O–H groups in total. The lowest BCUT2D eigenvalue weighted by molar-refractivity contribution is 0.0926. The van der Waals surface area contributed by atoms with Crippen molar-refractivity contribution in [3.8, 4) is 0 Å². The van der Waals surface area contributed by atoms with Crippen LogP contribution >= 0.6 is 47.8 Å². The van der Waals surface area contributed by atoms with Gasteiger partial charge in [-0.1, -0.05) is 41.9 Å². The highest BCUT2D eigenvalue weighted by molar-refractivity contribution is 7.18. The summed E-state index contributed by atoms with van der Waals surface area (Å²) in [6.45, 7) is 6.05. The number of thiophene rings is 1. The average Bonchev–Trinajstić information content (AvgIpc) is 3.01. The van der Waals surface area contributed by atoms with Crippen LogP contribution in [0.5, 0.6) is 0 Å². The Morgan fingerprint density at radius 3 is 2.20 bits per heavy atom. The van der Waals surface area contributed by atoms with Gasteiger partial charge in [0.05, 0.1) is 9.21 Å². The van der Waals surface area contributed by atoms with E-state index >= 15 is 0 Å². The fourth-order valence-electron chi connectivity index (χ4n) is 2.86. The number of Topliss-reactive ketones (excluding diaryl/α,β-unsaturated/α-hetero) is 1. The summed E-state index contributed by atoms with van der Waals surface area (Å²) in [5.74, 6) is 0.202. The summed E-state index contributed by atoms with van der Waals surface area (Å²) in [6.07, 6.45) is 0.579. The van der Waals surface area contributed by atoms with Gasteiger partial charge in [0.2, 0.25) is 0 Å². The summed E-state index contributed by atoms with van der Waals surface area (Å²) >= 11 is 7.26. The van der Waals surface area contributed by atoms with Crippen LogP contribution in [-0.4, -0.2) is 48.3 Å². The van der Waals surface area contributed by atoms with Crippen molar-refractivity contribution in [3.63, 3.8) is 0 Å². The number of rotatable bonds is 6. The molecule has 7 heteroatoms. The van der Waals surface area contributed by atoms with E-state index in [1.165, 1.54) is 16.9 Å². The second-order valence-corrected chi connectivity index (χ2v) is 7.60. The van der Waals surface area contributed by atoms with Crippen molar-refractivity contribution in [3.05, 3.63) is 57.2 Å². The highest BCUT2D eigenvalue weighted by Crippen LogP contribution is 2.22. The van der Waals surface area contributed by atoms with E-state index in [0.717, 1.165) is 44.1 Å². The Labute approximate surface area is 170 Å². The Bertz CT molecular complexity index is 643. The minimum Gasteiger partial charge on any atom is -0.300 e. The van der Waals surface area contributed by atoms with Gasteiger partial charge in [-0.2, -0.15) is 0 Å². The summed E-state index contributed by atoms with van der Waals surface area (Å²) in [6, 6.07) is 14.2. The Balaban J connectivity index is 0.00000156. The molecule has 1 aliphatic heterocycles. The molecule has 0 aliphatic carbocycles. The van der Waals surface area contributed by atoms with Gasteiger partial charge < -0.3 is 4.90 Å². The van der Waals surface area contributed by atoms with Crippen LogP contribution in [0.25, 0.3) is 0 Å². The smallest absolute Gasteiger partial charge is 0.174 e. The van der Waals surface area contributed by atoms with Crippen molar-refractivity contribution in [1.82, 2.24) is 9.80 Å². The van der Waals surface area contributed by atoms with Gasteiger partial charge in [-0.25, -0.2) is 0 Å². The number of carbonyl (C=O) groups is 1. The third kappa shape index (κ3) is 6.89. The zero-order valence-electron chi connectivity index (χ0n) is 13.9. The predicted molar refractivity (Wildman–Crippen MR) is 111 cm³/mol. The van der Waals surface area contributed by atoms with Gasteiger partial charge in [-0.3, -0.25) is 9.69 Å². The highest BCUT2D eigenvalue weighted by atomic mass is 35.5. The number of carbonyl (C=O) groups excluding carboxylic acids is 1. The minimum atomic E-state index is 0. The fraction of sp³-hybridized carbons (Fsp3) is 0.389. The number of ketones is 1. The maximum absolute atomic E-state index is 12.1. The van der Waals surface area contributed by atoms with Crippen LogP contribution in [0.15, 0.2) is 42.5 Å². The SMILES string of the molecule is Cl.Cl.O=C(CCN1CCN(Cc2ccccc2)CC1)c1ccc(Cl)s1. The van der Waals surface area contributed by atoms with Crippen LogP contribution in [0, 0.1) is 0 Å². The lowest BCUT2D eigenvalue weighted by atomic mass is 10.2. The maximum atomic E-state index is 12.1. The third-order valence-corrected chi connectivity index (χ3v) is 5.49. The first-order valence-corrected chi connectivity index (χ1v) is 9.17. The summed E-state index contributed by atoms with van der Waals surface area (Å²) in [5.41, 5.74) is 1.37. The molecule has 1 aromatic carbocycles. The molecule has 0 spiro atoms. The van der Waals surface area contributed by atoms with E-state index in [9.17, 15) is 4.79 Å². The van der Waals surface area contributed by atoms with Crippen LogP contribution < -0.4 is 0 Å². The lowest BCUT2D eigenvalue weighted by Crippen LogP contribution is -2.46. The molecule has 0 bridgehead atoms. The highest BCUT2D eigenvalue weighted by Gasteiger charge is 2.18. The number of piperazine rings is 1. The van der Waals surface area contributed by atoms with Gasteiger partial charge in [0.1, 0.15) is 0 Å². The summed E-state index contributed by atoms with van der Waals surface area (Å²) in [7, 11) is 0. The van der Waals surface area contributed by atoms with E-state index in [-0.39, 0.29) is 30.6 Å². The molecule has 1 saturated heterocycles. The molecule has 2 aromatic rings. The van der Waals surface area contributed by atoms with Crippen LogP contribution in [-0.2, 0) is 6.54 Å². The first kappa shape index (κ1) is 22.4. The van der Waals surface area contributed by atoms with Crippen molar-refractivity contribution in [1.29, 1.82) is 0 Å². The Kier molecular flexibility index (Phi) is 10.0. The van der Waals surface area contributed by atoms with Gasteiger partial charge in [-0.05, 0) is 17.7 Å². The standard InChI is InChI=1S/C18H21ClN2OS.2ClH/c19-18-7-6-17(23-18)16(22)8-9-20-10-12-21(13-11-20)14-15-4-2-1-3-5-15;;/h1-7H,8-14H2;2*1H. The molecule has 3 nitrogen and oxygen atoms in total. The van der Waals surface area contributed by atoms with Crippen LogP contribution in [0.4, 0.5) is 0 Å². The molecule has 0 saturated carbocycles. The molecule has 0 atom stereocenters. The molecule has 2 heterocycles. The van der Waals surface area contributed by atoms with Crippen LogP contribution in [0.3, 0.4) is 0 Å². The Hall–Kier alpha value is -0.620. The van der Waals surface area contributed by atoms with Crippen LogP contribution in [0.2, 0.25) is 4.34 Å². The molecule has 138 valence electrons. The zero-order valence-corrected chi connectivity index (χ0v) is 17.1. The van der Waals surface area contributed by atoms with E-state index in [1.54, 1.807) is 6.07 Å². The fourth-order valence-corrected chi connectivity index (χ4v) is 3.87. The molecule has 1 fully saturated rings. The zero-order chi connectivity index (χ0) is 16.1. The lowest BCUT2D eigenvalue weighted by Gasteiger charge is -2.34. The number of hydrogen-bond acceptors (Lipinski definition) is 4. The van der Waals surface area contributed by atoms with E-state index in [1.807, 2.05) is 6.07 Å². The minimum absolute atomic E-state index is 0. The van der Waals surface area contributed by atoms with Crippen LogP contribution in [0.1, 0.15) is 21.7 Å². The van der Waals surface area contributed by atoms with E-state index in [0.29, 0.717) is 10.8 Å². The number of hydrogen-bond donors (Lipinski definition) is 0. The van der Waals surface area contributed by atoms with Gasteiger partial charge in [0.25, 0.3) is 0 Å². The van der Waals surface area contributed by atoms with Gasteiger partial charge >= 0.3 is 0 Å². The predicted octanol–water partition coefficient (Wildman–Crippen LogP) is 4.64. The monoisotopic (exact) mass is 420 g/mol. The maximum Gasteiger partial charge on any atom is 0.174 e. The normalized spacial score (nSPS) is 15.2. The quantitative estimate of drug-likeness (QED) is 0.635. The second-order valence-electron chi connectivity index (χ2n) is 5.88. The number of benzene rings is 1. The average molecular weight is 422 g/mol. The van der Waals surface area contributed by atoms with Gasteiger partial charge in [0.15, 0.2) is 5.78 Å². The van der Waals surface area contributed by atoms with Crippen molar-refractivity contribution in [2.45, 2.75) is 13.0 Å². The topological polar surface area (TPSA) is 23.6 Å². The molecule has 3 rings (SSSR count). The molecular formula is C18H23Cl3N2OS. The molecule has 0 amide bonds. The van der Waals surface area contributed by atoms with Crippen molar-refractivity contribution >= 4 is 53.5 Å². The van der Waals surface area contributed by atoms with Gasteiger partial charge in [0, 0.05) is 45.7 Å². The van der Waals surface area contributed by atoms with Gasteiger partial charge in [-0.15, -0.1) is 36.2 Å². The molecule has 0 radical (unpaired) electrons. The Morgan fingerprint density at radius 2 is 1.60 bits per heavy atom. The number of halogens is 3. The molecule has 25 heavy (non-hydrogen) atoms.